The Morgan fingerprint density at radius 1 is 1.03 bits per heavy atom. The molecule has 2 aromatic rings. The molecule has 1 heterocycles. The molecule has 0 spiro atoms. The molecule has 7 nitrogen and oxygen atoms in total. The first-order chi connectivity index (χ1) is 13.8. The van der Waals surface area contributed by atoms with Crippen molar-refractivity contribution < 1.29 is 27.1 Å². The summed E-state index contributed by atoms with van der Waals surface area (Å²) in [5, 5.41) is 0. The van der Waals surface area contributed by atoms with E-state index in [1.807, 2.05) is 0 Å². The van der Waals surface area contributed by atoms with Crippen LogP contribution in [0.2, 0.25) is 0 Å². The number of hydrogen-bond acceptors (Lipinski definition) is 4. The molecule has 0 aliphatic carbocycles. The molecule has 1 unspecified atom stereocenters. The van der Waals surface area contributed by atoms with Crippen LogP contribution in [0.3, 0.4) is 0 Å². The molecule has 29 heavy (non-hydrogen) atoms. The zero-order valence-electron chi connectivity index (χ0n) is 15.5. The number of nitrogens with one attached hydrogen (secondary N) is 1. The van der Waals surface area contributed by atoms with Crippen LogP contribution in [0.1, 0.15) is 26.3 Å². The summed E-state index contributed by atoms with van der Waals surface area (Å²) in [6.07, 6.45) is 0. The maximum absolute atomic E-state index is 13.9. The first-order valence-electron chi connectivity index (χ1n) is 8.77. The highest BCUT2D eigenvalue weighted by Gasteiger charge is 2.27. The van der Waals surface area contributed by atoms with E-state index in [1.54, 1.807) is 17.9 Å². The molecule has 1 N–H and O–H groups in total. The predicted octanol–water partition coefficient (Wildman–Crippen LogP) is 2.08. The van der Waals surface area contributed by atoms with Crippen molar-refractivity contribution >= 4 is 28.8 Å². The molecular weight excluding hydrogens is 404 g/mol. The molecule has 0 radical (unpaired) electrons. The van der Waals surface area contributed by atoms with E-state index in [9.17, 15) is 27.1 Å². The fourth-order valence-corrected chi connectivity index (χ4v) is 3.54. The van der Waals surface area contributed by atoms with Gasteiger partial charge in [0, 0.05) is 48.7 Å². The number of nitrogens with zero attached hydrogens (tertiary/aromatic N) is 2. The number of piperazine rings is 1. The summed E-state index contributed by atoms with van der Waals surface area (Å²) in [6.45, 7) is 2.54. The zero-order valence-corrected chi connectivity index (χ0v) is 16.3. The largest absolute Gasteiger partial charge is 0.755 e. The van der Waals surface area contributed by atoms with Crippen molar-refractivity contribution in [3.05, 3.63) is 64.7 Å². The lowest BCUT2D eigenvalue weighted by Gasteiger charge is -2.35. The van der Waals surface area contributed by atoms with E-state index in [1.165, 1.54) is 29.2 Å². The highest BCUT2D eigenvalue weighted by atomic mass is 32.2. The van der Waals surface area contributed by atoms with Crippen LogP contribution in [0.25, 0.3) is 0 Å². The number of rotatable bonds is 4. The molecule has 0 aromatic heterocycles. The minimum atomic E-state index is -2.46. The Morgan fingerprint density at radius 3 is 2.24 bits per heavy atom. The summed E-state index contributed by atoms with van der Waals surface area (Å²) in [7, 11) is 0. The van der Waals surface area contributed by atoms with Crippen LogP contribution >= 0.6 is 0 Å². The fourth-order valence-electron chi connectivity index (χ4n) is 3.14. The van der Waals surface area contributed by atoms with Crippen LogP contribution in [0.15, 0.2) is 36.4 Å². The summed E-state index contributed by atoms with van der Waals surface area (Å²) >= 11 is -2.46. The molecule has 1 fully saturated rings. The topological polar surface area (TPSA) is 92.8 Å². The molecular formula is C19H18F2N3O4S-. The van der Waals surface area contributed by atoms with Gasteiger partial charge in [0.15, 0.2) is 11.6 Å². The lowest BCUT2D eigenvalue weighted by atomic mass is 10.1. The van der Waals surface area contributed by atoms with Gasteiger partial charge in [-0.25, -0.2) is 8.78 Å². The van der Waals surface area contributed by atoms with Gasteiger partial charge in [-0.1, -0.05) is 6.07 Å². The third-order valence-corrected chi connectivity index (χ3v) is 5.09. The molecule has 1 aliphatic heterocycles. The molecule has 0 saturated carbocycles. The van der Waals surface area contributed by atoms with Gasteiger partial charge in [-0.2, -0.15) is 0 Å². The third-order valence-electron chi connectivity index (χ3n) is 4.70. The maximum atomic E-state index is 13.9. The van der Waals surface area contributed by atoms with Crippen molar-refractivity contribution in [2.75, 3.05) is 30.9 Å². The molecule has 2 aromatic carbocycles. The Morgan fingerprint density at radius 2 is 1.66 bits per heavy atom. The van der Waals surface area contributed by atoms with Crippen LogP contribution < -0.4 is 4.72 Å². The number of anilines is 1. The Kier molecular flexibility index (Phi) is 6.23. The third kappa shape index (κ3) is 4.60. The number of amides is 2. The van der Waals surface area contributed by atoms with Crippen LogP contribution in [0, 0.1) is 18.6 Å². The number of carbonyl (C=O) groups excluding carboxylic acids is 2. The van der Waals surface area contributed by atoms with Crippen LogP contribution in [0.4, 0.5) is 14.5 Å². The summed E-state index contributed by atoms with van der Waals surface area (Å²) in [4.78, 5) is 28.1. The van der Waals surface area contributed by atoms with E-state index in [-0.39, 0.29) is 37.6 Å². The normalized spacial score (nSPS) is 15.2. The van der Waals surface area contributed by atoms with Gasteiger partial charge in [-0.05, 0) is 42.8 Å². The lowest BCUT2D eigenvalue weighted by molar-refractivity contribution is 0.0532. The van der Waals surface area contributed by atoms with E-state index >= 15 is 0 Å². The SMILES string of the molecule is Cc1cc(C(=O)N2CCN(C(=O)c3cccc(F)c3F)CC2)ccc1NS(=O)[O-]. The maximum Gasteiger partial charge on any atom is 0.257 e. The smallest absolute Gasteiger partial charge is 0.257 e. The van der Waals surface area contributed by atoms with Gasteiger partial charge in [-0.15, -0.1) is 0 Å². The Bertz CT molecular complexity index is 978. The Hall–Kier alpha value is -2.85. The van der Waals surface area contributed by atoms with E-state index in [4.69, 9.17) is 0 Å². The van der Waals surface area contributed by atoms with Gasteiger partial charge in [0.25, 0.3) is 11.8 Å². The van der Waals surface area contributed by atoms with Crippen LogP contribution in [0.5, 0.6) is 0 Å². The number of aryl methyl sites for hydroxylation is 1. The molecule has 10 heteroatoms. The molecule has 3 rings (SSSR count). The van der Waals surface area contributed by atoms with Gasteiger partial charge in [0.05, 0.1) is 5.56 Å². The monoisotopic (exact) mass is 422 g/mol. The van der Waals surface area contributed by atoms with E-state index in [0.717, 1.165) is 6.07 Å². The van der Waals surface area contributed by atoms with E-state index in [0.29, 0.717) is 16.8 Å². The number of carbonyl (C=O) groups is 2. The zero-order chi connectivity index (χ0) is 21.1. The lowest BCUT2D eigenvalue weighted by Crippen LogP contribution is -2.50. The summed E-state index contributed by atoms with van der Waals surface area (Å²) in [5.41, 5.74) is 1.03. The fraction of sp³-hybridized carbons (Fsp3) is 0.263. The summed E-state index contributed by atoms with van der Waals surface area (Å²) in [5.74, 6) is -3.14. The second-order valence-corrected chi connectivity index (χ2v) is 7.23. The van der Waals surface area contributed by atoms with Crippen LogP contribution in [-0.4, -0.2) is 56.6 Å². The average Bonchev–Trinajstić information content (AvgIpc) is 2.70. The number of halogens is 2. The second-order valence-electron chi connectivity index (χ2n) is 6.55. The predicted molar refractivity (Wildman–Crippen MR) is 102 cm³/mol. The van der Waals surface area contributed by atoms with Crippen LogP contribution in [-0.2, 0) is 11.3 Å². The summed E-state index contributed by atoms with van der Waals surface area (Å²) in [6, 6.07) is 8.05. The Balaban J connectivity index is 1.65. The number of hydrogen-bond donors (Lipinski definition) is 1. The highest BCUT2D eigenvalue weighted by molar-refractivity contribution is 7.80. The highest BCUT2D eigenvalue weighted by Crippen LogP contribution is 2.20. The van der Waals surface area contributed by atoms with E-state index < -0.39 is 28.8 Å². The minimum Gasteiger partial charge on any atom is -0.755 e. The second kappa shape index (κ2) is 8.66. The van der Waals surface area contributed by atoms with E-state index in [2.05, 4.69) is 4.72 Å². The number of benzene rings is 2. The van der Waals surface area contributed by atoms with Crippen molar-refractivity contribution in [1.82, 2.24) is 9.80 Å². The van der Waals surface area contributed by atoms with Crippen molar-refractivity contribution in [2.45, 2.75) is 6.92 Å². The van der Waals surface area contributed by atoms with Crippen molar-refractivity contribution in [3.8, 4) is 0 Å². The average molecular weight is 422 g/mol. The van der Waals surface area contributed by atoms with Gasteiger partial charge in [0.2, 0.25) is 0 Å². The minimum absolute atomic E-state index is 0.189. The molecule has 0 bridgehead atoms. The van der Waals surface area contributed by atoms with Gasteiger partial charge in [0.1, 0.15) is 0 Å². The van der Waals surface area contributed by atoms with Crippen molar-refractivity contribution in [1.29, 1.82) is 0 Å². The standard InChI is InChI=1S/C19H19F2N3O4S/c1-12-11-13(5-6-16(12)22-29(27)28)18(25)23-7-9-24(10-8-23)19(26)14-3-2-4-15(20)17(14)21/h2-6,11,22H,7-10H2,1H3,(H,27,28)/p-1. The van der Waals surface area contributed by atoms with Gasteiger partial charge in [-0.3, -0.25) is 13.8 Å². The molecule has 1 atom stereocenters. The summed E-state index contributed by atoms with van der Waals surface area (Å²) < 4.78 is 51.0. The van der Waals surface area contributed by atoms with Gasteiger partial charge >= 0.3 is 0 Å². The quantitative estimate of drug-likeness (QED) is 0.764. The Labute approximate surface area is 168 Å². The molecule has 154 valence electrons. The van der Waals surface area contributed by atoms with Crippen molar-refractivity contribution in [3.63, 3.8) is 0 Å². The van der Waals surface area contributed by atoms with Crippen molar-refractivity contribution in [2.24, 2.45) is 0 Å². The first-order valence-corrected chi connectivity index (χ1v) is 9.84. The molecule has 1 aliphatic rings. The molecule has 1 saturated heterocycles. The molecule has 2 amide bonds. The first kappa shape index (κ1) is 20.9. The van der Waals surface area contributed by atoms with Gasteiger partial charge < -0.3 is 19.1 Å².